The molecular formula is C35H40FN7O. The molecule has 8 nitrogen and oxygen atoms in total. The maximum absolute atomic E-state index is 13.5. The summed E-state index contributed by atoms with van der Waals surface area (Å²) in [6.45, 7) is 6.08. The molecule has 4 rings (SSSR count). The van der Waals surface area contributed by atoms with Gasteiger partial charge in [-0.05, 0) is 76.2 Å². The Labute approximate surface area is 259 Å². The number of hydrogen-bond donors (Lipinski definition) is 2. The fraction of sp³-hybridized carbons (Fsp3) is 0.343. The average molecular weight is 594 g/mol. The molecule has 2 atom stereocenters. The zero-order chi connectivity index (χ0) is 31.5. The number of carbonyl (C=O) groups is 1. The van der Waals surface area contributed by atoms with Crippen molar-refractivity contribution in [3.8, 4) is 17.3 Å². The Bertz CT molecular complexity index is 1540. The van der Waals surface area contributed by atoms with Gasteiger partial charge in [0.05, 0.1) is 53.9 Å². The van der Waals surface area contributed by atoms with Crippen molar-refractivity contribution in [3.05, 3.63) is 101 Å². The van der Waals surface area contributed by atoms with Crippen molar-refractivity contribution in [2.24, 2.45) is 10.9 Å². The van der Waals surface area contributed by atoms with Crippen molar-refractivity contribution in [2.45, 2.75) is 45.7 Å². The molecule has 2 aromatic carbocycles. The minimum atomic E-state index is -0.434. The van der Waals surface area contributed by atoms with Crippen LogP contribution in [0.2, 0.25) is 0 Å². The van der Waals surface area contributed by atoms with E-state index in [0.717, 1.165) is 59.7 Å². The molecule has 1 aliphatic rings. The van der Waals surface area contributed by atoms with Gasteiger partial charge in [0.2, 0.25) is 0 Å². The first-order chi connectivity index (χ1) is 21.2. The Morgan fingerprint density at radius 3 is 2.52 bits per heavy atom. The van der Waals surface area contributed by atoms with E-state index in [1.54, 1.807) is 30.6 Å². The lowest BCUT2D eigenvalue weighted by atomic mass is 9.99. The molecule has 2 N–H and O–H groups in total. The Balaban J connectivity index is 1.48. The number of rotatable bonds is 12. The quantitative estimate of drug-likeness (QED) is 0.240. The monoisotopic (exact) mass is 593 g/mol. The molecule has 3 aromatic rings. The second-order valence-electron chi connectivity index (χ2n) is 11.2. The van der Waals surface area contributed by atoms with Gasteiger partial charge in [-0.15, -0.1) is 0 Å². The summed E-state index contributed by atoms with van der Waals surface area (Å²) in [7, 11) is 4.11. The van der Waals surface area contributed by atoms with Crippen molar-refractivity contribution in [2.75, 3.05) is 32.5 Å². The van der Waals surface area contributed by atoms with Crippen molar-refractivity contribution < 1.29 is 9.18 Å². The highest BCUT2D eigenvalue weighted by Crippen LogP contribution is 2.25. The van der Waals surface area contributed by atoms with Gasteiger partial charge in [-0.3, -0.25) is 14.8 Å². The molecule has 44 heavy (non-hydrogen) atoms. The molecule has 0 bridgehead atoms. The van der Waals surface area contributed by atoms with Crippen LogP contribution in [-0.4, -0.2) is 53.7 Å². The van der Waals surface area contributed by atoms with E-state index in [0.29, 0.717) is 24.3 Å². The van der Waals surface area contributed by atoms with Crippen molar-refractivity contribution in [3.63, 3.8) is 0 Å². The minimum Gasteiger partial charge on any atom is -0.369 e. The molecule has 0 saturated heterocycles. The molecule has 0 fully saturated rings. The first-order valence-electron chi connectivity index (χ1n) is 15.0. The normalized spacial score (nSPS) is 16.5. The summed E-state index contributed by atoms with van der Waals surface area (Å²) < 4.78 is 13.4. The number of allylic oxidation sites excluding steroid dienone is 3. The lowest BCUT2D eigenvalue weighted by molar-refractivity contribution is -0.117. The largest absolute Gasteiger partial charge is 0.369 e. The summed E-state index contributed by atoms with van der Waals surface area (Å²) in [5.41, 5.74) is 5.46. The van der Waals surface area contributed by atoms with E-state index in [9.17, 15) is 14.4 Å². The molecule has 228 valence electrons. The van der Waals surface area contributed by atoms with E-state index in [1.807, 2.05) is 44.2 Å². The van der Waals surface area contributed by atoms with E-state index >= 15 is 0 Å². The maximum Gasteiger partial charge on any atom is 0.253 e. The summed E-state index contributed by atoms with van der Waals surface area (Å²) in [5, 5.41) is 16.1. The number of amides is 1. The predicted octanol–water partition coefficient (Wildman–Crippen LogP) is 6.27. The van der Waals surface area contributed by atoms with E-state index < -0.39 is 5.92 Å². The number of carbonyl (C=O) groups excluding carboxylic acids is 1. The highest BCUT2D eigenvalue weighted by Gasteiger charge is 2.23. The topological polar surface area (TPSA) is 106 Å². The summed E-state index contributed by atoms with van der Waals surface area (Å²) in [6, 6.07) is 16.0. The van der Waals surface area contributed by atoms with Crippen molar-refractivity contribution in [1.82, 2.24) is 20.2 Å². The molecule has 2 unspecified atom stereocenters. The lowest BCUT2D eigenvalue weighted by Crippen LogP contribution is -2.30. The van der Waals surface area contributed by atoms with Gasteiger partial charge in [0.1, 0.15) is 11.6 Å². The standard InChI is InChI=1S/C35H40FN7O/c1-5-25-17-27(20-37)18-31(35(44)42-24(2)28-11-13-30(36)14-12-28)32(19-25)39-21-26-7-9-29(10-8-26)33-22-41-34(23-40-33)38-15-6-16-43(3)4/h7-14,18-19,22-24,27H,5-6,15-17,21H2,1-4H3,(H,38,41)(H,42,44). The van der Waals surface area contributed by atoms with Gasteiger partial charge < -0.3 is 15.5 Å². The molecule has 0 radical (unpaired) electrons. The molecule has 1 heterocycles. The number of nitriles is 1. The Morgan fingerprint density at radius 2 is 1.89 bits per heavy atom. The number of hydrogen-bond acceptors (Lipinski definition) is 7. The maximum atomic E-state index is 13.5. The van der Waals surface area contributed by atoms with Crippen molar-refractivity contribution >= 4 is 17.4 Å². The number of anilines is 1. The SMILES string of the molecule is CCC1=CC(=NCc2ccc(-c3cnc(NCCCN(C)C)cn3)cc2)C(C(=O)NC(C)c2ccc(F)cc2)=CC(C#N)C1. The first-order valence-corrected chi connectivity index (χ1v) is 15.0. The van der Waals surface area contributed by atoms with Gasteiger partial charge in [-0.2, -0.15) is 5.26 Å². The summed E-state index contributed by atoms with van der Waals surface area (Å²) in [6.07, 6.45) is 9.49. The Morgan fingerprint density at radius 1 is 1.14 bits per heavy atom. The molecule has 0 aliphatic heterocycles. The number of nitrogens with one attached hydrogen (secondary N) is 2. The summed E-state index contributed by atoms with van der Waals surface area (Å²) >= 11 is 0. The van der Waals surface area contributed by atoms with Gasteiger partial charge >= 0.3 is 0 Å². The smallest absolute Gasteiger partial charge is 0.253 e. The highest BCUT2D eigenvalue weighted by atomic mass is 19.1. The van der Waals surface area contributed by atoms with Crippen LogP contribution in [0.1, 0.15) is 50.3 Å². The fourth-order valence-corrected chi connectivity index (χ4v) is 4.86. The third kappa shape index (κ3) is 9.16. The molecule has 1 aliphatic carbocycles. The average Bonchev–Trinajstić information content (AvgIpc) is 3.22. The minimum absolute atomic E-state index is 0.320. The van der Waals surface area contributed by atoms with Crippen LogP contribution in [0.25, 0.3) is 11.3 Å². The third-order valence-electron chi connectivity index (χ3n) is 7.47. The molecule has 1 aromatic heterocycles. The molecular weight excluding hydrogens is 553 g/mol. The van der Waals surface area contributed by atoms with Crippen LogP contribution in [0.3, 0.4) is 0 Å². The fourth-order valence-electron chi connectivity index (χ4n) is 4.86. The van der Waals surface area contributed by atoms with Crippen LogP contribution in [0.15, 0.2) is 89.2 Å². The zero-order valence-corrected chi connectivity index (χ0v) is 25.8. The van der Waals surface area contributed by atoms with Gasteiger partial charge in [-0.25, -0.2) is 9.37 Å². The third-order valence-corrected chi connectivity index (χ3v) is 7.47. The Kier molecular flexibility index (Phi) is 11.5. The van der Waals surface area contributed by atoms with E-state index in [1.165, 1.54) is 12.1 Å². The molecule has 0 spiro atoms. The number of aromatic nitrogens is 2. The van der Waals surface area contributed by atoms with Crippen LogP contribution in [0.5, 0.6) is 0 Å². The van der Waals surface area contributed by atoms with Crippen molar-refractivity contribution in [1.29, 1.82) is 5.26 Å². The number of benzene rings is 2. The molecule has 0 saturated carbocycles. The van der Waals surface area contributed by atoms with Crippen LogP contribution < -0.4 is 10.6 Å². The van der Waals surface area contributed by atoms with Crippen LogP contribution in [-0.2, 0) is 11.3 Å². The number of halogens is 1. The second kappa shape index (κ2) is 15.7. The van der Waals surface area contributed by atoms with E-state index in [2.05, 4.69) is 45.7 Å². The van der Waals surface area contributed by atoms with Gasteiger partial charge in [0.25, 0.3) is 5.91 Å². The van der Waals surface area contributed by atoms with Gasteiger partial charge in [-0.1, -0.05) is 55.0 Å². The summed E-state index contributed by atoms with van der Waals surface area (Å²) in [5.74, 6) is -0.337. The molecule has 9 heteroatoms. The van der Waals surface area contributed by atoms with Crippen LogP contribution >= 0.6 is 0 Å². The summed E-state index contributed by atoms with van der Waals surface area (Å²) in [4.78, 5) is 29.6. The lowest BCUT2D eigenvalue weighted by Gasteiger charge is -2.16. The number of aliphatic imine (C=N–C) groups is 1. The first kappa shape index (κ1) is 32.2. The van der Waals surface area contributed by atoms with Gasteiger partial charge in [0, 0.05) is 12.1 Å². The Hall–Kier alpha value is -4.68. The van der Waals surface area contributed by atoms with Crippen LogP contribution in [0, 0.1) is 23.1 Å². The molecule has 1 amide bonds. The predicted molar refractivity (Wildman–Crippen MR) is 173 cm³/mol. The van der Waals surface area contributed by atoms with Crippen LogP contribution in [0.4, 0.5) is 10.2 Å². The highest BCUT2D eigenvalue weighted by molar-refractivity contribution is 6.26. The van der Waals surface area contributed by atoms with E-state index in [4.69, 9.17) is 4.99 Å². The zero-order valence-electron chi connectivity index (χ0n) is 25.8. The van der Waals surface area contributed by atoms with E-state index in [-0.39, 0.29) is 17.8 Å². The van der Waals surface area contributed by atoms with Gasteiger partial charge in [0.15, 0.2) is 0 Å². The second-order valence-corrected chi connectivity index (χ2v) is 11.2. The number of nitrogens with zero attached hydrogens (tertiary/aromatic N) is 5.